The molecule has 0 spiro atoms. The van der Waals surface area contributed by atoms with Crippen molar-refractivity contribution < 1.29 is 9.53 Å². The molecule has 0 unspecified atom stereocenters. The third-order valence-corrected chi connectivity index (χ3v) is 3.14. The summed E-state index contributed by atoms with van der Waals surface area (Å²) in [5, 5.41) is 9.98. The molecule has 1 aromatic heterocycles. The van der Waals surface area contributed by atoms with Crippen molar-refractivity contribution in [3.63, 3.8) is 0 Å². The van der Waals surface area contributed by atoms with Crippen LogP contribution >= 0.6 is 0 Å². The van der Waals surface area contributed by atoms with E-state index >= 15 is 0 Å². The molecule has 0 aliphatic carbocycles. The fraction of sp³-hybridized carbons (Fsp3) is 0.333. The van der Waals surface area contributed by atoms with Gasteiger partial charge in [0.1, 0.15) is 12.3 Å². The van der Waals surface area contributed by atoms with Crippen LogP contribution < -0.4 is 15.4 Å². The lowest BCUT2D eigenvalue weighted by Crippen LogP contribution is -2.23. The Kier molecular flexibility index (Phi) is 4.81. The Morgan fingerprint density at radius 2 is 2.24 bits per heavy atom. The van der Waals surface area contributed by atoms with Gasteiger partial charge in [0.2, 0.25) is 5.91 Å². The number of rotatable bonds is 6. The Hall–Kier alpha value is -2.50. The Labute approximate surface area is 124 Å². The van der Waals surface area contributed by atoms with Gasteiger partial charge in [-0.15, -0.1) is 0 Å². The van der Waals surface area contributed by atoms with Crippen molar-refractivity contribution in [2.75, 3.05) is 19.5 Å². The largest absolute Gasteiger partial charge is 0.496 e. The molecule has 0 saturated carbocycles. The van der Waals surface area contributed by atoms with E-state index in [1.165, 1.54) is 5.56 Å². The second kappa shape index (κ2) is 6.78. The maximum atomic E-state index is 11.3. The minimum Gasteiger partial charge on any atom is -0.496 e. The minimum absolute atomic E-state index is 0.0787. The number of anilines is 1. The van der Waals surface area contributed by atoms with Gasteiger partial charge in [0.05, 0.1) is 19.0 Å². The molecule has 0 bridgehead atoms. The second-order valence-corrected chi connectivity index (χ2v) is 4.77. The number of amides is 1. The maximum absolute atomic E-state index is 11.3. The van der Waals surface area contributed by atoms with Gasteiger partial charge in [-0.2, -0.15) is 5.10 Å². The molecule has 21 heavy (non-hydrogen) atoms. The van der Waals surface area contributed by atoms with Gasteiger partial charge in [0.15, 0.2) is 0 Å². The Balaban J connectivity index is 2.00. The van der Waals surface area contributed by atoms with E-state index in [9.17, 15) is 4.79 Å². The summed E-state index contributed by atoms with van der Waals surface area (Å²) in [6.45, 7) is 2.90. The molecule has 1 amide bonds. The number of ether oxygens (including phenoxy) is 1. The summed E-state index contributed by atoms with van der Waals surface area (Å²) in [5.41, 5.74) is 3.13. The number of hydrogen-bond donors (Lipinski definition) is 2. The van der Waals surface area contributed by atoms with E-state index in [1.807, 2.05) is 19.1 Å². The summed E-state index contributed by atoms with van der Waals surface area (Å²) in [7, 11) is 3.27. The van der Waals surface area contributed by atoms with E-state index in [-0.39, 0.29) is 12.5 Å². The van der Waals surface area contributed by atoms with Crippen LogP contribution in [0, 0.1) is 6.92 Å². The molecular weight excluding hydrogens is 268 g/mol. The molecule has 0 fully saturated rings. The zero-order valence-electron chi connectivity index (χ0n) is 12.5. The molecule has 6 nitrogen and oxygen atoms in total. The van der Waals surface area contributed by atoms with Gasteiger partial charge in [0, 0.05) is 25.4 Å². The van der Waals surface area contributed by atoms with Gasteiger partial charge in [-0.1, -0.05) is 17.7 Å². The van der Waals surface area contributed by atoms with Gasteiger partial charge in [-0.3, -0.25) is 9.48 Å². The van der Waals surface area contributed by atoms with Gasteiger partial charge in [-0.25, -0.2) is 0 Å². The SMILES string of the molecule is CNC(=O)Cn1cc(NCc2cc(C)ccc2OC)cn1. The highest BCUT2D eigenvalue weighted by molar-refractivity contribution is 5.75. The Morgan fingerprint density at radius 1 is 1.43 bits per heavy atom. The van der Waals surface area contributed by atoms with Crippen LogP contribution in [0.2, 0.25) is 0 Å². The van der Waals surface area contributed by atoms with Crippen molar-refractivity contribution in [1.29, 1.82) is 0 Å². The van der Waals surface area contributed by atoms with Crippen LogP contribution in [0.1, 0.15) is 11.1 Å². The van der Waals surface area contributed by atoms with Crippen molar-refractivity contribution in [3.05, 3.63) is 41.7 Å². The number of carbonyl (C=O) groups is 1. The first-order valence-corrected chi connectivity index (χ1v) is 6.73. The van der Waals surface area contributed by atoms with Crippen molar-refractivity contribution in [2.45, 2.75) is 20.0 Å². The number of likely N-dealkylation sites (N-methyl/N-ethyl adjacent to an activating group) is 1. The molecular formula is C15H20N4O2. The number of aryl methyl sites for hydroxylation is 1. The Bertz CT molecular complexity index is 622. The summed E-state index contributed by atoms with van der Waals surface area (Å²) in [6, 6.07) is 6.06. The summed E-state index contributed by atoms with van der Waals surface area (Å²) in [4.78, 5) is 11.3. The number of hydrogen-bond acceptors (Lipinski definition) is 4. The fourth-order valence-electron chi connectivity index (χ4n) is 2.01. The second-order valence-electron chi connectivity index (χ2n) is 4.77. The average Bonchev–Trinajstić information content (AvgIpc) is 2.92. The van der Waals surface area contributed by atoms with Crippen LogP contribution in [0.25, 0.3) is 0 Å². The summed E-state index contributed by atoms with van der Waals surface area (Å²) < 4.78 is 6.94. The monoisotopic (exact) mass is 288 g/mol. The summed E-state index contributed by atoms with van der Waals surface area (Å²) in [6.07, 6.45) is 3.50. The first kappa shape index (κ1) is 14.9. The predicted molar refractivity (Wildman–Crippen MR) is 81.4 cm³/mol. The molecule has 2 N–H and O–H groups in total. The van der Waals surface area contributed by atoms with Gasteiger partial charge >= 0.3 is 0 Å². The lowest BCUT2D eigenvalue weighted by atomic mass is 10.1. The quantitative estimate of drug-likeness (QED) is 0.846. The van der Waals surface area contributed by atoms with E-state index in [0.29, 0.717) is 6.54 Å². The van der Waals surface area contributed by atoms with Gasteiger partial charge in [0.25, 0.3) is 0 Å². The van der Waals surface area contributed by atoms with Crippen molar-refractivity contribution >= 4 is 11.6 Å². The highest BCUT2D eigenvalue weighted by Crippen LogP contribution is 2.20. The summed E-state index contributed by atoms with van der Waals surface area (Å²) in [5.74, 6) is 0.774. The van der Waals surface area contributed by atoms with Crippen LogP contribution in [-0.4, -0.2) is 29.8 Å². The molecule has 0 atom stereocenters. The average molecular weight is 288 g/mol. The molecule has 0 aliphatic rings. The fourth-order valence-corrected chi connectivity index (χ4v) is 2.01. The van der Waals surface area contributed by atoms with Crippen LogP contribution in [-0.2, 0) is 17.9 Å². The summed E-state index contributed by atoms with van der Waals surface area (Å²) >= 11 is 0. The number of aromatic nitrogens is 2. The molecule has 2 rings (SSSR count). The van der Waals surface area contributed by atoms with Crippen molar-refractivity contribution in [2.24, 2.45) is 0 Å². The lowest BCUT2D eigenvalue weighted by Gasteiger charge is -2.10. The third kappa shape index (κ3) is 3.98. The van der Waals surface area contributed by atoms with E-state index in [1.54, 1.807) is 31.2 Å². The molecule has 6 heteroatoms. The highest BCUT2D eigenvalue weighted by Gasteiger charge is 2.05. The predicted octanol–water partition coefficient (Wildman–Crippen LogP) is 1.56. The minimum atomic E-state index is -0.0787. The first-order valence-electron chi connectivity index (χ1n) is 6.73. The van der Waals surface area contributed by atoms with Crippen LogP contribution in [0.15, 0.2) is 30.6 Å². The number of methoxy groups -OCH3 is 1. The van der Waals surface area contributed by atoms with Crippen molar-refractivity contribution in [3.8, 4) is 5.75 Å². The molecule has 1 aromatic carbocycles. The van der Waals surface area contributed by atoms with E-state index < -0.39 is 0 Å². The van der Waals surface area contributed by atoms with E-state index in [2.05, 4.69) is 21.8 Å². The smallest absolute Gasteiger partial charge is 0.241 e. The number of nitrogens with one attached hydrogen (secondary N) is 2. The van der Waals surface area contributed by atoms with E-state index in [0.717, 1.165) is 17.0 Å². The van der Waals surface area contributed by atoms with Crippen LogP contribution in [0.3, 0.4) is 0 Å². The topological polar surface area (TPSA) is 68.2 Å². The van der Waals surface area contributed by atoms with Crippen LogP contribution in [0.4, 0.5) is 5.69 Å². The standard InChI is InChI=1S/C15H20N4O2/c1-11-4-5-14(21-3)12(6-11)7-17-13-8-18-19(9-13)10-15(20)16-2/h4-6,8-9,17H,7,10H2,1-3H3,(H,16,20). The lowest BCUT2D eigenvalue weighted by molar-refractivity contribution is -0.121. The van der Waals surface area contributed by atoms with Crippen molar-refractivity contribution in [1.82, 2.24) is 15.1 Å². The molecule has 0 radical (unpaired) electrons. The maximum Gasteiger partial charge on any atom is 0.241 e. The first-order chi connectivity index (χ1) is 10.1. The molecule has 112 valence electrons. The normalized spacial score (nSPS) is 10.2. The number of carbonyl (C=O) groups excluding carboxylic acids is 1. The molecule has 2 aromatic rings. The van der Waals surface area contributed by atoms with Crippen LogP contribution in [0.5, 0.6) is 5.75 Å². The highest BCUT2D eigenvalue weighted by atomic mass is 16.5. The number of benzene rings is 1. The van der Waals surface area contributed by atoms with Gasteiger partial charge < -0.3 is 15.4 Å². The third-order valence-electron chi connectivity index (χ3n) is 3.14. The molecule has 1 heterocycles. The molecule has 0 aliphatic heterocycles. The zero-order chi connectivity index (χ0) is 15.2. The van der Waals surface area contributed by atoms with Gasteiger partial charge in [-0.05, 0) is 13.0 Å². The zero-order valence-corrected chi connectivity index (χ0v) is 12.5. The Morgan fingerprint density at radius 3 is 2.95 bits per heavy atom. The molecule has 0 saturated heterocycles. The van der Waals surface area contributed by atoms with E-state index in [4.69, 9.17) is 4.74 Å². The number of nitrogens with zero attached hydrogens (tertiary/aromatic N) is 2.